The van der Waals surface area contributed by atoms with E-state index in [9.17, 15) is 15.3 Å². The largest absolute Gasteiger partial charge is 0.395 e. The van der Waals surface area contributed by atoms with Crippen molar-refractivity contribution in [3.63, 3.8) is 0 Å². The van der Waals surface area contributed by atoms with Crippen LogP contribution < -0.4 is 0 Å². The van der Waals surface area contributed by atoms with Crippen LogP contribution in [0.1, 0.15) is 11.1 Å². The van der Waals surface area contributed by atoms with Crippen LogP contribution in [0.2, 0.25) is 0 Å². The van der Waals surface area contributed by atoms with Gasteiger partial charge in [-0.15, -0.1) is 0 Å². The number of aliphatic hydroxyl groups excluding tert-OH is 3. The van der Waals surface area contributed by atoms with E-state index in [1.165, 1.54) is 0 Å². The van der Waals surface area contributed by atoms with Gasteiger partial charge in [-0.25, -0.2) is 0 Å². The monoisotopic (exact) mass is 343 g/mol. The van der Waals surface area contributed by atoms with Gasteiger partial charge in [-0.3, -0.25) is 4.90 Å². The van der Waals surface area contributed by atoms with E-state index in [1.807, 2.05) is 65.6 Å². The van der Waals surface area contributed by atoms with Crippen molar-refractivity contribution in [3.05, 3.63) is 71.8 Å². The Kier molecular flexibility index (Phi) is 6.18. The Balaban J connectivity index is 1.74. The first kappa shape index (κ1) is 18.0. The van der Waals surface area contributed by atoms with Gasteiger partial charge in [0.2, 0.25) is 0 Å². The van der Waals surface area contributed by atoms with Crippen molar-refractivity contribution in [2.24, 2.45) is 0 Å². The molecule has 1 aliphatic rings. The highest BCUT2D eigenvalue weighted by Gasteiger charge is 2.48. The molecular weight excluding hydrogens is 318 g/mol. The Hall–Kier alpha value is -1.76. The van der Waals surface area contributed by atoms with Crippen LogP contribution in [0.4, 0.5) is 0 Å². The molecule has 0 spiro atoms. The molecule has 0 amide bonds. The van der Waals surface area contributed by atoms with E-state index in [4.69, 9.17) is 4.74 Å². The molecule has 4 atom stereocenters. The van der Waals surface area contributed by atoms with Crippen LogP contribution >= 0.6 is 0 Å². The zero-order chi connectivity index (χ0) is 17.6. The van der Waals surface area contributed by atoms with Crippen LogP contribution in [-0.2, 0) is 17.9 Å². The predicted molar refractivity (Wildman–Crippen MR) is 94.8 cm³/mol. The van der Waals surface area contributed by atoms with Crippen LogP contribution in [0.25, 0.3) is 0 Å². The summed E-state index contributed by atoms with van der Waals surface area (Å²) >= 11 is 0. The molecule has 3 rings (SSSR count). The quantitative estimate of drug-likeness (QED) is 0.704. The Bertz CT molecular complexity index is 637. The highest BCUT2D eigenvalue weighted by Crippen LogP contribution is 2.30. The number of hydrogen-bond acceptors (Lipinski definition) is 5. The van der Waals surface area contributed by atoms with E-state index in [-0.39, 0.29) is 19.3 Å². The summed E-state index contributed by atoms with van der Waals surface area (Å²) in [5.74, 6) is 0. The topological polar surface area (TPSA) is 73.2 Å². The SMILES string of the molecule is OC[C@@H]1[C@@H](OCc2ccccc2)[C@H](O)[C@H](CO)N1Cc1ccccc1. The lowest BCUT2D eigenvalue weighted by atomic mass is 10.1. The van der Waals surface area contributed by atoms with Crippen molar-refractivity contribution in [1.29, 1.82) is 0 Å². The minimum atomic E-state index is -0.852. The molecule has 1 heterocycles. The van der Waals surface area contributed by atoms with Crippen LogP contribution in [0.3, 0.4) is 0 Å². The number of aliphatic hydroxyl groups is 3. The zero-order valence-electron chi connectivity index (χ0n) is 14.1. The maximum atomic E-state index is 10.6. The summed E-state index contributed by atoms with van der Waals surface area (Å²) in [6.07, 6.45) is -1.40. The molecule has 3 N–H and O–H groups in total. The van der Waals surface area contributed by atoms with E-state index < -0.39 is 18.2 Å². The maximum absolute atomic E-state index is 10.6. The molecule has 1 saturated heterocycles. The van der Waals surface area contributed by atoms with Gasteiger partial charge < -0.3 is 20.1 Å². The first-order chi connectivity index (χ1) is 12.2. The molecule has 5 nitrogen and oxygen atoms in total. The van der Waals surface area contributed by atoms with Crippen molar-refractivity contribution >= 4 is 0 Å². The third kappa shape index (κ3) is 4.08. The molecule has 0 bridgehead atoms. The summed E-state index contributed by atoms with van der Waals surface area (Å²) in [5, 5.41) is 30.3. The average molecular weight is 343 g/mol. The van der Waals surface area contributed by atoms with Gasteiger partial charge in [-0.1, -0.05) is 60.7 Å². The third-order valence-electron chi connectivity index (χ3n) is 4.83. The number of likely N-dealkylation sites (tertiary alicyclic amines) is 1. The second kappa shape index (κ2) is 8.56. The summed E-state index contributed by atoms with van der Waals surface area (Å²) in [7, 11) is 0. The molecular formula is C20H25NO4. The second-order valence-corrected chi connectivity index (χ2v) is 6.41. The van der Waals surface area contributed by atoms with Gasteiger partial charge in [0.25, 0.3) is 0 Å². The standard InChI is InChI=1S/C20H25NO4/c22-12-17-19(24)20(25-14-16-9-5-2-6-10-16)18(13-23)21(17)11-15-7-3-1-4-8-15/h1-10,17-20,22-24H,11-14H2/t17-,18+,19+,20+/m0/s1. The lowest BCUT2D eigenvalue weighted by Gasteiger charge is -2.29. The van der Waals surface area contributed by atoms with Gasteiger partial charge in [-0.05, 0) is 11.1 Å². The minimum Gasteiger partial charge on any atom is -0.395 e. The van der Waals surface area contributed by atoms with Crippen molar-refractivity contribution in [2.45, 2.75) is 37.4 Å². The number of hydrogen-bond donors (Lipinski definition) is 3. The molecule has 25 heavy (non-hydrogen) atoms. The van der Waals surface area contributed by atoms with Gasteiger partial charge in [-0.2, -0.15) is 0 Å². The number of benzene rings is 2. The fourth-order valence-corrected chi connectivity index (χ4v) is 3.50. The van der Waals surface area contributed by atoms with Gasteiger partial charge >= 0.3 is 0 Å². The number of nitrogens with zero attached hydrogens (tertiary/aromatic N) is 1. The maximum Gasteiger partial charge on any atom is 0.103 e. The smallest absolute Gasteiger partial charge is 0.103 e. The van der Waals surface area contributed by atoms with Crippen molar-refractivity contribution in [1.82, 2.24) is 4.90 Å². The lowest BCUT2D eigenvalue weighted by Crippen LogP contribution is -2.42. The van der Waals surface area contributed by atoms with Crippen LogP contribution in [-0.4, -0.2) is 57.7 Å². The second-order valence-electron chi connectivity index (χ2n) is 6.41. The molecule has 134 valence electrons. The summed E-state index contributed by atoms with van der Waals surface area (Å²) in [6.45, 7) is 0.575. The van der Waals surface area contributed by atoms with Crippen LogP contribution in [0.5, 0.6) is 0 Å². The molecule has 5 heteroatoms. The Morgan fingerprint density at radius 1 is 0.800 bits per heavy atom. The molecule has 1 aliphatic heterocycles. The Labute approximate surface area is 148 Å². The third-order valence-corrected chi connectivity index (χ3v) is 4.83. The van der Waals surface area contributed by atoms with Gasteiger partial charge in [0.15, 0.2) is 0 Å². The molecule has 2 aromatic rings. The molecule has 0 unspecified atom stereocenters. The summed E-state index contributed by atoms with van der Waals surface area (Å²) in [4.78, 5) is 1.94. The van der Waals surface area contributed by atoms with E-state index in [2.05, 4.69) is 0 Å². The Morgan fingerprint density at radius 2 is 1.36 bits per heavy atom. The molecule has 0 aromatic heterocycles. The summed E-state index contributed by atoms with van der Waals surface area (Å²) in [6, 6.07) is 18.7. The van der Waals surface area contributed by atoms with Gasteiger partial charge in [0.05, 0.1) is 38.0 Å². The van der Waals surface area contributed by atoms with Crippen LogP contribution in [0, 0.1) is 0 Å². The molecule has 1 fully saturated rings. The van der Waals surface area contributed by atoms with Crippen molar-refractivity contribution in [3.8, 4) is 0 Å². The van der Waals surface area contributed by atoms with E-state index in [0.717, 1.165) is 11.1 Å². The molecule has 0 aliphatic carbocycles. The van der Waals surface area contributed by atoms with E-state index in [0.29, 0.717) is 13.2 Å². The predicted octanol–water partition coefficient (Wildman–Crippen LogP) is 1.17. The molecule has 0 saturated carbocycles. The van der Waals surface area contributed by atoms with E-state index in [1.54, 1.807) is 0 Å². The van der Waals surface area contributed by atoms with Gasteiger partial charge in [0, 0.05) is 6.54 Å². The van der Waals surface area contributed by atoms with Crippen molar-refractivity contribution < 1.29 is 20.1 Å². The van der Waals surface area contributed by atoms with Gasteiger partial charge in [0.1, 0.15) is 6.10 Å². The van der Waals surface area contributed by atoms with E-state index >= 15 is 0 Å². The lowest BCUT2D eigenvalue weighted by molar-refractivity contribution is -0.0496. The number of ether oxygens (including phenoxy) is 1. The first-order valence-corrected chi connectivity index (χ1v) is 8.59. The highest BCUT2D eigenvalue weighted by atomic mass is 16.5. The number of rotatable bonds is 7. The fraction of sp³-hybridized carbons (Fsp3) is 0.400. The normalized spacial score (nSPS) is 26.8. The fourth-order valence-electron chi connectivity index (χ4n) is 3.50. The first-order valence-electron chi connectivity index (χ1n) is 8.59. The molecule has 2 aromatic carbocycles. The zero-order valence-corrected chi connectivity index (χ0v) is 14.1. The minimum absolute atomic E-state index is 0.139. The summed E-state index contributed by atoms with van der Waals surface area (Å²) in [5.41, 5.74) is 2.07. The highest BCUT2D eigenvalue weighted by molar-refractivity contribution is 5.17. The Morgan fingerprint density at radius 3 is 1.92 bits per heavy atom. The molecule has 0 radical (unpaired) electrons. The van der Waals surface area contributed by atoms with Crippen LogP contribution in [0.15, 0.2) is 60.7 Å². The average Bonchev–Trinajstić information content (AvgIpc) is 2.91. The van der Waals surface area contributed by atoms with Crippen molar-refractivity contribution in [2.75, 3.05) is 13.2 Å². The summed E-state index contributed by atoms with van der Waals surface area (Å²) < 4.78 is 5.94.